The van der Waals surface area contributed by atoms with Gasteiger partial charge in [-0.15, -0.1) is 11.3 Å². The number of halogens is 3. The second-order valence-corrected chi connectivity index (χ2v) is 10.7. The van der Waals surface area contributed by atoms with Gasteiger partial charge < -0.3 is 15.2 Å². The third kappa shape index (κ3) is 4.10. The van der Waals surface area contributed by atoms with Crippen molar-refractivity contribution in [1.82, 2.24) is 19.9 Å². The molecule has 4 aromatic rings. The first-order chi connectivity index (χ1) is 18.8. The summed E-state index contributed by atoms with van der Waals surface area (Å²) in [6.45, 7) is 1.94. The fourth-order valence-corrected chi connectivity index (χ4v) is 6.70. The summed E-state index contributed by atoms with van der Waals surface area (Å²) in [4.78, 5) is 25.4. The number of alkyl halides is 1. The molecule has 3 N–H and O–H groups in total. The van der Waals surface area contributed by atoms with Gasteiger partial charge in [-0.1, -0.05) is 0 Å². The summed E-state index contributed by atoms with van der Waals surface area (Å²) in [5, 5.41) is 9.81. The molecule has 0 radical (unpaired) electrons. The molecule has 39 heavy (non-hydrogen) atoms. The summed E-state index contributed by atoms with van der Waals surface area (Å²) in [5.74, 6) is -1.51. The van der Waals surface area contributed by atoms with Gasteiger partial charge in [-0.05, 0) is 36.9 Å². The molecular formula is C26H23F3N6O3S. The van der Waals surface area contributed by atoms with E-state index in [0.29, 0.717) is 23.7 Å². The smallest absolute Gasteiger partial charge is 0.296 e. The van der Waals surface area contributed by atoms with Crippen molar-refractivity contribution in [2.45, 2.75) is 44.7 Å². The van der Waals surface area contributed by atoms with E-state index < -0.39 is 23.4 Å². The molecule has 13 heteroatoms. The monoisotopic (exact) mass is 556 g/mol. The van der Waals surface area contributed by atoms with Gasteiger partial charge in [0.05, 0.1) is 47.9 Å². The number of pyridine rings is 1. The van der Waals surface area contributed by atoms with Crippen LogP contribution in [0, 0.1) is 23.0 Å². The lowest BCUT2D eigenvalue weighted by atomic mass is 9.94. The fraction of sp³-hybridized carbons (Fsp3) is 0.385. The molecule has 2 atom stereocenters. The molecule has 0 bridgehead atoms. The van der Waals surface area contributed by atoms with Crippen LogP contribution in [0.15, 0.2) is 11.0 Å². The van der Waals surface area contributed by atoms with Crippen LogP contribution in [0.25, 0.3) is 32.2 Å². The lowest BCUT2D eigenvalue weighted by Gasteiger charge is -2.13. The number of nitrogen functional groups attached to an aromatic ring is 1. The van der Waals surface area contributed by atoms with E-state index in [1.54, 1.807) is 0 Å². The number of nitrogens with zero attached hydrogens (tertiary/aromatic N) is 4. The minimum atomic E-state index is -0.840. The lowest BCUT2D eigenvalue weighted by Crippen LogP contribution is -2.22. The van der Waals surface area contributed by atoms with Gasteiger partial charge in [-0.25, -0.2) is 13.2 Å². The standard InChI is InChI=1S/C19H11F2N5O3S.C7H12FN/c1-28-19-25-15-12(18(27)26-19)8-5-29-4-7(8)10(13(15)21)14-11-6(2-22)17(23)30-16(11)9(20)3-24-14;8-6-4-7-2-1-3-9(7)5-6/h3H,4-5,23H2,1H3,(H,25,26,27);6-7H,1-5H2. The highest BCUT2D eigenvalue weighted by Gasteiger charge is 2.35. The Hall–Kier alpha value is -3.73. The van der Waals surface area contributed by atoms with Crippen molar-refractivity contribution < 1.29 is 22.6 Å². The van der Waals surface area contributed by atoms with E-state index in [-0.39, 0.29) is 62.0 Å². The van der Waals surface area contributed by atoms with Crippen LogP contribution in [-0.4, -0.2) is 52.3 Å². The van der Waals surface area contributed by atoms with Crippen molar-refractivity contribution in [2.24, 2.45) is 0 Å². The Morgan fingerprint density at radius 2 is 2.10 bits per heavy atom. The number of methoxy groups -OCH3 is 1. The number of fused-ring (bicyclic) bond motifs is 5. The first-order valence-electron chi connectivity index (χ1n) is 12.4. The Labute approximate surface area is 224 Å². The number of nitrogens with one attached hydrogen (secondary N) is 1. The van der Waals surface area contributed by atoms with Crippen LogP contribution in [0.1, 0.15) is 36.0 Å². The number of H-pyrrole nitrogens is 1. The fourth-order valence-electron chi connectivity index (χ4n) is 5.78. The number of benzene rings is 1. The number of nitrogens with two attached hydrogens (primary N) is 1. The van der Waals surface area contributed by atoms with E-state index in [1.807, 2.05) is 6.07 Å². The largest absolute Gasteiger partial charge is 0.468 e. The zero-order valence-corrected chi connectivity index (χ0v) is 21.6. The van der Waals surface area contributed by atoms with Crippen molar-refractivity contribution in [3.8, 4) is 23.3 Å². The molecule has 0 spiro atoms. The number of nitriles is 1. The number of rotatable bonds is 2. The molecule has 0 saturated carbocycles. The quantitative estimate of drug-likeness (QED) is 0.377. The molecule has 202 valence electrons. The van der Waals surface area contributed by atoms with Crippen LogP contribution in [0.5, 0.6) is 6.01 Å². The summed E-state index contributed by atoms with van der Waals surface area (Å²) < 4.78 is 53.3. The van der Waals surface area contributed by atoms with Crippen molar-refractivity contribution in [3.63, 3.8) is 0 Å². The maximum absolute atomic E-state index is 15.8. The van der Waals surface area contributed by atoms with Crippen LogP contribution in [0.3, 0.4) is 0 Å². The molecule has 0 amide bonds. The van der Waals surface area contributed by atoms with Crippen LogP contribution in [0.2, 0.25) is 0 Å². The van der Waals surface area contributed by atoms with Crippen molar-refractivity contribution in [1.29, 1.82) is 5.26 Å². The molecule has 2 fully saturated rings. The SMILES string of the molecule is COc1nc2c(F)c(-c3ncc(F)c4sc(N)c(C#N)c34)c3c(c2c(=O)[nH]1)COC3.FC1CC2CCCN2C1. The van der Waals surface area contributed by atoms with Gasteiger partial charge in [0.1, 0.15) is 22.8 Å². The van der Waals surface area contributed by atoms with E-state index in [2.05, 4.69) is 19.9 Å². The summed E-state index contributed by atoms with van der Waals surface area (Å²) >= 11 is 0.886. The second-order valence-electron chi connectivity index (χ2n) is 9.67. The zero-order chi connectivity index (χ0) is 27.4. The van der Waals surface area contributed by atoms with Gasteiger partial charge in [0.2, 0.25) is 0 Å². The van der Waals surface area contributed by atoms with Crippen molar-refractivity contribution in [3.05, 3.63) is 44.9 Å². The lowest BCUT2D eigenvalue weighted by molar-refractivity contribution is 0.135. The Morgan fingerprint density at radius 3 is 2.85 bits per heavy atom. The van der Waals surface area contributed by atoms with E-state index in [9.17, 15) is 18.8 Å². The van der Waals surface area contributed by atoms with Gasteiger partial charge in [0.25, 0.3) is 11.6 Å². The number of aromatic amines is 1. The third-order valence-corrected chi connectivity index (χ3v) is 8.51. The number of thiophene rings is 1. The molecule has 3 aliphatic heterocycles. The molecular weight excluding hydrogens is 533 g/mol. The number of hydrogen-bond acceptors (Lipinski definition) is 9. The molecule has 9 nitrogen and oxygen atoms in total. The van der Waals surface area contributed by atoms with E-state index >= 15 is 4.39 Å². The molecule has 2 unspecified atom stereocenters. The van der Waals surface area contributed by atoms with E-state index in [1.165, 1.54) is 20.0 Å². The number of aromatic nitrogens is 3. The highest BCUT2D eigenvalue weighted by molar-refractivity contribution is 7.23. The molecule has 3 aromatic heterocycles. The van der Waals surface area contributed by atoms with E-state index in [0.717, 1.165) is 30.5 Å². The average Bonchev–Trinajstić information content (AvgIpc) is 3.69. The minimum Gasteiger partial charge on any atom is -0.468 e. The van der Waals surface area contributed by atoms with Crippen LogP contribution >= 0.6 is 11.3 Å². The van der Waals surface area contributed by atoms with Gasteiger partial charge >= 0.3 is 0 Å². The highest BCUT2D eigenvalue weighted by Crippen LogP contribution is 2.44. The topological polar surface area (TPSA) is 130 Å². The first kappa shape index (κ1) is 25.5. The Bertz CT molecular complexity index is 1720. The van der Waals surface area contributed by atoms with Gasteiger partial charge in [-0.2, -0.15) is 10.2 Å². The zero-order valence-electron chi connectivity index (χ0n) is 20.8. The molecule has 3 aliphatic rings. The predicted octanol–water partition coefficient (Wildman–Crippen LogP) is 4.16. The van der Waals surface area contributed by atoms with Gasteiger partial charge in [0, 0.05) is 23.5 Å². The van der Waals surface area contributed by atoms with Crippen LogP contribution in [0.4, 0.5) is 18.2 Å². The van der Waals surface area contributed by atoms with E-state index in [4.69, 9.17) is 15.2 Å². The third-order valence-electron chi connectivity index (χ3n) is 7.48. The van der Waals surface area contributed by atoms with Crippen LogP contribution in [-0.2, 0) is 18.0 Å². The van der Waals surface area contributed by atoms with Crippen molar-refractivity contribution in [2.75, 3.05) is 25.9 Å². The number of ether oxygens (including phenoxy) is 2. The number of anilines is 1. The maximum Gasteiger partial charge on any atom is 0.296 e. The molecule has 1 aromatic carbocycles. The Kier molecular flexibility index (Phi) is 6.41. The van der Waals surface area contributed by atoms with Crippen molar-refractivity contribution >= 4 is 37.3 Å². The molecule has 0 aliphatic carbocycles. The Morgan fingerprint density at radius 1 is 1.31 bits per heavy atom. The molecule has 6 heterocycles. The van der Waals surface area contributed by atoms with Crippen LogP contribution < -0.4 is 16.0 Å². The average molecular weight is 557 g/mol. The maximum atomic E-state index is 15.8. The minimum absolute atomic E-state index is 0.00514. The second kappa shape index (κ2) is 9.78. The summed E-state index contributed by atoms with van der Waals surface area (Å²) in [5.41, 5.74) is 5.99. The van der Waals surface area contributed by atoms with Gasteiger partial charge in [0.15, 0.2) is 11.6 Å². The highest BCUT2D eigenvalue weighted by atomic mass is 32.1. The Balaban J connectivity index is 0.000000258. The number of hydrogen-bond donors (Lipinski definition) is 2. The summed E-state index contributed by atoms with van der Waals surface area (Å²) in [6, 6.07) is 2.39. The normalized spacial score (nSPS) is 20.1. The first-order valence-corrected chi connectivity index (χ1v) is 13.2. The summed E-state index contributed by atoms with van der Waals surface area (Å²) in [7, 11) is 1.29. The van der Waals surface area contributed by atoms with Gasteiger partial charge in [-0.3, -0.25) is 19.7 Å². The summed E-state index contributed by atoms with van der Waals surface area (Å²) in [6.07, 6.45) is 3.76. The predicted molar refractivity (Wildman–Crippen MR) is 139 cm³/mol. The molecule has 2 saturated heterocycles. The molecule has 7 rings (SSSR count).